The highest BCUT2D eigenvalue weighted by molar-refractivity contribution is 9.10. The number of halogens is 1. The largest absolute Gasteiger partial charge is 0.347 e. The summed E-state index contributed by atoms with van der Waals surface area (Å²) < 4.78 is 2.96. The van der Waals surface area contributed by atoms with Crippen molar-refractivity contribution in [3.8, 4) is 0 Å². The third-order valence-electron chi connectivity index (χ3n) is 2.76. The molecule has 0 aliphatic heterocycles. The summed E-state index contributed by atoms with van der Waals surface area (Å²) in [4.78, 5) is 12.2. The first-order valence-corrected chi connectivity index (χ1v) is 8.46. The van der Waals surface area contributed by atoms with E-state index in [1.807, 2.05) is 16.8 Å². The first kappa shape index (κ1) is 15.6. The Hall–Kier alpha value is -0.420. The number of aromatic nitrogens is 1. The number of aryl methyl sites for hydroxylation is 1. The van der Waals surface area contributed by atoms with Gasteiger partial charge in [0.2, 0.25) is 0 Å². The van der Waals surface area contributed by atoms with Crippen LogP contribution in [0.25, 0.3) is 0 Å². The van der Waals surface area contributed by atoms with Crippen molar-refractivity contribution in [2.75, 3.05) is 12.0 Å². The van der Waals surface area contributed by atoms with Gasteiger partial charge in [-0.25, -0.2) is 0 Å². The highest BCUT2D eigenvalue weighted by atomic mass is 79.9. The van der Waals surface area contributed by atoms with E-state index in [0.29, 0.717) is 0 Å². The number of amides is 1. The van der Waals surface area contributed by atoms with Crippen molar-refractivity contribution in [1.82, 2.24) is 9.88 Å². The lowest BCUT2D eigenvalue weighted by Gasteiger charge is -2.16. The zero-order valence-electron chi connectivity index (χ0n) is 11.2. The van der Waals surface area contributed by atoms with Gasteiger partial charge in [0.1, 0.15) is 5.69 Å². The third-order valence-corrected chi connectivity index (χ3v) is 3.93. The Morgan fingerprint density at radius 1 is 1.56 bits per heavy atom. The van der Waals surface area contributed by atoms with Gasteiger partial charge in [0.15, 0.2) is 0 Å². The first-order valence-electron chi connectivity index (χ1n) is 6.27. The van der Waals surface area contributed by atoms with Gasteiger partial charge in [-0.1, -0.05) is 13.8 Å². The summed E-state index contributed by atoms with van der Waals surface area (Å²) in [5, 5.41) is 3.09. The van der Waals surface area contributed by atoms with Crippen LogP contribution in [0.5, 0.6) is 0 Å². The molecular formula is C13H21BrN2OS. The molecule has 3 nitrogen and oxygen atoms in total. The quantitative estimate of drug-likeness (QED) is 0.828. The second kappa shape index (κ2) is 7.89. The van der Waals surface area contributed by atoms with Crippen LogP contribution in [-0.4, -0.2) is 28.5 Å². The number of thioether (sulfide) groups is 1. The van der Waals surface area contributed by atoms with Crippen LogP contribution in [-0.2, 0) is 6.54 Å². The van der Waals surface area contributed by atoms with E-state index in [4.69, 9.17) is 0 Å². The molecule has 0 radical (unpaired) electrons. The zero-order valence-corrected chi connectivity index (χ0v) is 13.6. The predicted molar refractivity (Wildman–Crippen MR) is 82.4 cm³/mol. The molecule has 1 atom stereocenters. The van der Waals surface area contributed by atoms with E-state index in [9.17, 15) is 4.79 Å². The average Bonchev–Trinajstić information content (AvgIpc) is 2.70. The molecule has 1 heterocycles. The van der Waals surface area contributed by atoms with E-state index in [2.05, 4.69) is 41.3 Å². The normalized spacial score (nSPS) is 12.4. The molecule has 0 aliphatic carbocycles. The molecule has 18 heavy (non-hydrogen) atoms. The minimum atomic E-state index is 0.0232. The van der Waals surface area contributed by atoms with Crippen LogP contribution in [0.3, 0.4) is 0 Å². The van der Waals surface area contributed by atoms with Crippen molar-refractivity contribution in [2.24, 2.45) is 0 Å². The number of nitrogens with zero attached hydrogens (tertiary/aromatic N) is 1. The Morgan fingerprint density at radius 3 is 2.83 bits per heavy atom. The highest BCUT2D eigenvalue weighted by Gasteiger charge is 2.16. The van der Waals surface area contributed by atoms with E-state index in [1.165, 1.54) is 0 Å². The molecule has 1 amide bonds. The van der Waals surface area contributed by atoms with Crippen molar-refractivity contribution in [1.29, 1.82) is 0 Å². The summed E-state index contributed by atoms with van der Waals surface area (Å²) in [7, 11) is 0. The molecule has 0 bridgehead atoms. The van der Waals surface area contributed by atoms with Crippen LogP contribution in [0.2, 0.25) is 0 Å². The maximum atomic E-state index is 12.2. The molecule has 0 saturated heterocycles. The number of hydrogen-bond donors (Lipinski definition) is 1. The van der Waals surface area contributed by atoms with E-state index in [1.54, 1.807) is 11.8 Å². The maximum absolute atomic E-state index is 12.2. The van der Waals surface area contributed by atoms with E-state index >= 15 is 0 Å². The lowest BCUT2D eigenvalue weighted by atomic mass is 10.2. The molecule has 1 aromatic rings. The van der Waals surface area contributed by atoms with E-state index in [0.717, 1.165) is 35.3 Å². The number of rotatable bonds is 7. The van der Waals surface area contributed by atoms with Crippen LogP contribution in [0.15, 0.2) is 16.7 Å². The number of nitrogens with one attached hydrogen (secondary N) is 1. The Bertz CT molecular complexity index is 392. The summed E-state index contributed by atoms with van der Waals surface area (Å²) in [6.07, 6.45) is 6.00. The van der Waals surface area contributed by atoms with E-state index in [-0.39, 0.29) is 11.9 Å². The topological polar surface area (TPSA) is 34.0 Å². The van der Waals surface area contributed by atoms with Crippen molar-refractivity contribution in [3.63, 3.8) is 0 Å². The molecule has 1 rings (SSSR count). The Morgan fingerprint density at radius 2 is 2.28 bits per heavy atom. The summed E-state index contributed by atoms with van der Waals surface area (Å²) in [5.41, 5.74) is 0.739. The summed E-state index contributed by atoms with van der Waals surface area (Å²) in [5.74, 6) is 0.979. The van der Waals surface area contributed by atoms with Gasteiger partial charge in [-0.15, -0.1) is 0 Å². The van der Waals surface area contributed by atoms with Gasteiger partial charge >= 0.3 is 0 Å². The van der Waals surface area contributed by atoms with Gasteiger partial charge in [-0.3, -0.25) is 4.79 Å². The minimum Gasteiger partial charge on any atom is -0.347 e. The number of carbonyl (C=O) groups is 1. The van der Waals surface area contributed by atoms with Crippen LogP contribution in [0.4, 0.5) is 0 Å². The second-order valence-electron chi connectivity index (χ2n) is 4.27. The smallest absolute Gasteiger partial charge is 0.268 e. The van der Waals surface area contributed by atoms with Crippen molar-refractivity contribution >= 4 is 33.6 Å². The molecule has 0 fully saturated rings. The summed E-state index contributed by atoms with van der Waals surface area (Å²) in [6.45, 7) is 5.08. The van der Waals surface area contributed by atoms with Gasteiger partial charge in [-0.05, 0) is 41.1 Å². The molecular weight excluding hydrogens is 312 g/mol. The second-order valence-corrected chi connectivity index (χ2v) is 6.10. The minimum absolute atomic E-state index is 0.0232. The van der Waals surface area contributed by atoms with Crippen LogP contribution in [0, 0.1) is 0 Å². The standard InChI is InChI=1S/C13H21BrN2OS/c1-4-6-16-8-10(14)7-12(16)13(17)15-11(5-2)9-18-3/h7-8,11H,4-6,9H2,1-3H3,(H,15,17). The Kier molecular flexibility index (Phi) is 6.86. The van der Waals surface area contributed by atoms with Gasteiger partial charge in [0.05, 0.1) is 0 Å². The fourth-order valence-electron chi connectivity index (χ4n) is 1.81. The monoisotopic (exact) mass is 332 g/mol. The summed E-state index contributed by atoms with van der Waals surface area (Å²) in [6, 6.07) is 2.13. The zero-order chi connectivity index (χ0) is 13.5. The van der Waals surface area contributed by atoms with E-state index < -0.39 is 0 Å². The lowest BCUT2D eigenvalue weighted by Crippen LogP contribution is -2.37. The molecule has 0 aromatic carbocycles. The molecule has 0 saturated carbocycles. The number of carbonyl (C=O) groups excluding carboxylic acids is 1. The molecule has 0 aliphatic rings. The average molecular weight is 333 g/mol. The molecule has 5 heteroatoms. The highest BCUT2D eigenvalue weighted by Crippen LogP contribution is 2.16. The molecule has 1 aromatic heterocycles. The third kappa shape index (κ3) is 4.35. The van der Waals surface area contributed by atoms with Crippen molar-refractivity contribution < 1.29 is 4.79 Å². The van der Waals surface area contributed by atoms with Crippen LogP contribution in [0.1, 0.15) is 37.2 Å². The predicted octanol–water partition coefficient (Wildman–Crippen LogP) is 3.53. The number of hydrogen-bond acceptors (Lipinski definition) is 2. The lowest BCUT2D eigenvalue weighted by molar-refractivity contribution is 0.0930. The molecule has 1 N–H and O–H groups in total. The van der Waals surface area contributed by atoms with Gasteiger partial charge in [0.25, 0.3) is 5.91 Å². The fraction of sp³-hybridized carbons (Fsp3) is 0.615. The van der Waals surface area contributed by atoms with Crippen LogP contribution < -0.4 is 5.32 Å². The van der Waals surface area contributed by atoms with Gasteiger partial charge in [0, 0.05) is 29.0 Å². The molecule has 1 unspecified atom stereocenters. The Balaban J connectivity index is 2.76. The van der Waals surface area contributed by atoms with Gasteiger partial charge in [-0.2, -0.15) is 11.8 Å². The first-order chi connectivity index (χ1) is 8.62. The van der Waals surface area contributed by atoms with Gasteiger partial charge < -0.3 is 9.88 Å². The maximum Gasteiger partial charge on any atom is 0.268 e. The molecule has 102 valence electrons. The van der Waals surface area contributed by atoms with Crippen molar-refractivity contribution in [3.05, 3.63) is 22.4 Å². The fourth-order valence-corrected chi connectivity index (χ4v) is 3.00. The Labute approximate surface area is 122 Å². The van der Waals surface area contributed by atoms with Crippen molar-refractivity contribution in [2.45, 2.75) is 39.3 Å². The van der Waals surface area contributed by atoms with Crippen LogP contribution >= 0.6 is 27.7 Å². The molecule has 0 spiro atoms. The SMILES string of the molecule is CCCn1cc(Br)cc1C(=O)NC(CC)CSC. The summed E-state index contributed by atoms with van der Waals surface area (Å²) >= 11 is 5.19.